The van der Waals surface area contributed by atoms with Gasteiger partial charge in [-0.1, -0.05) is 30.3 Å². The molecule has 0 radical (unpaired) electrons. The Morgan fingerprint density at radius 3 is 2.81 bits per heavy atom. The van der Waals surface area contributed by atoms with Gasteiger partial charge in [0.1, 0.15) is 0 Å². The van der Waals surface area contributed by atoms with Crippen molar-refractivity contribution in [3.63, 3.8) is 0 Å². The van der Waals surface area contributed by atoms with Gasteiger partial charge in [-0.3, -0.25) is 0 Å². The van der Waals surface area contributed by atoms with Gasteiger partial charge in [-0.05, 0) is 31.4 Å². The lowest BCUT2D eigenvalue weighted by Crippen LogP contribution is -2.28. The third-order valence-corrected chi connectivity index (χ3v) is 4.54. The summed E-state index contributed by atoms with van der Waals surface area (Å²) in [7, 11) is 0. The number of hydrogen-bond donors (Lipinski definition) is 1. The average molecular weight is 366 g/mol. The van der Waals surface area contributed by atoms with Crippen LogP contribution in [-0.4, -0.2) is 53.1 Å². The number of rotatable bonds is 8. The Labute approximate surface area is 160 Å². The van der Waals surface area contributed by atoms with Crippen LogP contribution in [0.5, 0.6) is 0 Å². The number of hydrogen-bond acceptors (Lipinski definition) is 6. The summed E-state index contributed by atoms with van der Waals surface area (Å²) in [5.41, 5.74) is 2.15. The molecule has 6 nitrogen and oxygen atoms in total. The normalized spacial score (nSPS) is 17.3. The molecule has 1 saturated heterocycles. The Morgan fingerprint density at radius 2 is 2.07 bits per heavy atom. The van der Waals surface area contributed by atoms with E-state index in [2.05, 4.69) is 50.5 Å². The molecule has 1 aromatic heterocycles. The van der Waals surface area contributed by atoms with Crippen LogP contribution in [0.2, 0.25) is 0 Å². The molecule has 1 aromatic carbocycles. The minimum Gasteiger partial charge on any atom is -0.463 e. The number of nitrogens with one attached hydrogen (secondary N) is 1. The zero-order chi connectivity index (χ0) is 18.9. The van der Waals surface area contributed by atoms with Crippen LogP contribution in [-0.2, 0) is 16.0 Å². The lowest BCUT2D eigenvalue weighted by Gasteiger charge is -2.16. The summed E-state index contributed by atoms with van der Waals surface area (Å²) < 4.78 is 4.85. The molecule has 1 fully saturated rings. The molecule has 0 bridgehead atoms. The van der Waals surface area contributed by atoms with Crippen molar-refractivity contribution in [1.82, 2.24) is 14.9 Å². The zero-order valence-electron chi connectivity index (χ0n) is 15.7. The lowest BCUT2D eigenvalue weighted by molar-refractivity contribution is -0.137. The quantitative estimate of drug-likeness (QED) is 0.572. The van der Waals surface area contributed by atoms with Gasteiger partial charge in [0.2, 0.25) is 5.95 Å². The van der Waals surface area contributed by atoms with E-state index in [0.29, 0.717) is 18.6 Å². The van der Waals surface area contributed by atoms with Crippen LogP contribution in [0.1, 0.15) is 24.5 Å². The molecule has 1 aliphatic heterocycles. The van der Waals surface area contributed by atoms with Crippen molar-refractivity contribution in [2.75, 3.05) is 31.6 Å². The van der Waals surface area contributed by atoms with Crippen molar-refractivity contribution >= 4 is 18.0 Å². The van der Waals surface area contributed by atoms with E-state index in [-0.39, 0.29) is 5.97 Å². The molecule has 142 valence electrons. The van der Waals surface area contributed by atoms with Crippen molar-refractivity contribution in [2.45, 2.75) is 25.8 Å². The van der Waals surface area contributed by atoms with E-state index >= 15 is 0 Å². The molecule has 0 aliphatic carbocycles. The molecule has 1 aliphatic rings. The second-order valence-corrected chi connectivity index (χ2v) is 6.59. The van der Waals surface area contributed by atoms with Crippen LogP contribution < -0.4 is 5.32 Å². The molecule has 6 heteroatoms. The Hall–Kier alpha value is -2.73. The van der Waals surface area contributed by atoms with Gasteiger partial charge < -0.3 is 15.0 Å². The van der Waals surface area contributed by atoms with Crippen molar-refractivity contribution in [2.24, 2.45) is 0 Å². The van der Waals surface area contributed by atoms with E-state index in [1.807, 2.05) is 0 Å². The number of aromatic nitrogens is 2. The highest BCUT2D eigenvalue weighted by atomic mass is 16.5. The van der Waals surface area contributed by atoms with E-state index in [4.69, 9.17) is 4.74 Å². The Morgan fingerprint density at radius 1 is 1.30 bits per heavy atom. The van der Waals surface area contributed by atoms with Gasteiger partial charge >= 0.3 is 5.97 Å². The predicted octanol–water partition coefficient (Wildman–Crippen LogP) is 2.78. The average Bonchev–Trinajstić information content (AvgIpc) is 3.14. The summed E-state index contributed by atoms with van der Waals surface area (Å²) in [5, 5.41) is 3.40. The smallest absolute Gasteiger partial charge is 0.330 e. The maximum Gasteiger partial charge on any atom is 0.330 e. The first-order chi connectivity index (χ1) is 13.2. The topological polar surface area (TPSA) is 67.3 Å². The first-order valence-electron chi connectivity index (χ1n) is 9.42. The number of ether oxygens (including phenoxy) is 1. The van der Waals surface area contributed by atoms with Gasteiger partial charge in [-0.2, -0.15) is 0 Å². The molecule has 0 saturated carbocycles. The summed E-state index contributed by atoms with van der Waals surface area (Å²) >= 11 is 0. The largest absolute Gasteiger partial charge is 0.463 e. The van der Waals surface area contributed by atoms with Gasteiger partial charge in [0.25, 0.3) is 0 Å². The van der Waals surface area contributed by atoms with Gasteiger partial charge in [0.05, 0.1) is 6.61 Å². The molecule has 1 atom stereocenters. The van der Waals surface area contributed by atoms with Gasteiger partial charge in [0.15, 0.2) is 0 Å². The number of carbonyl (C=O) groups is 1. The second-order valence-electron chi connectivity index (χ2n) is 6.59. The van der Waals surface area contributed by atoms with E-state index in [9.17, 15) is 4.79 Å². The number of benzene rings is 1. The standard InChI is InChI=1S/C21H26N4O2/c1-2-27-20(26)9-8-18-14-22-21(23-15-18)24-19-11-13-25(16-19)12-10-17-6-4-3-5-7-17/h3-9,14-15,19H,2,10-13,16H2,1H3,(H,22,23,24)/t19-/m1/s1. The van der Waals surface area contributed by atoms with Crippen molar-refractivity contribution in [3.8, 4) is 0 Å². The molecule has 2 heterocycles. The summed E-state index contributed by atoms with van der Waals surface area (Å²) in [6.07, 6.45) is 8.61. The van der Waals surface area contributed by atoms with Crippen LogP contribution in [0.3, 0.4) is 0 Å². The molecule has 0 amide bonds. The first kappa shape index (κ1) is 19.0. The van der Waals surface area contributed by atoms with Crippen LogP contribution in [0.15, 0.2) is 48.8 Å². The van der Waals surface area contributed by atoms with Crippen LogP contribution >= 0.6 is 0 Å². The van der Waals surface area contributed by atoms with E-state index in [0.717, 1.165) is 38.0 Å². The molecule has 0 spiro atoms. The molecule has 0 unspecified atom stereocenters. The Kier molecular flexibility index (Phi) is 6.93. The van der Waals surface area contributed by atoms with Crippen molar-refractivity contribution < 1.29 is 9.53 Å². The fraction of sp³-hybridized carbons (Fsp3) is 0.381. The monoisotopic (exact) mass is 366 g/mol. The highest BCUT2D eigenvalue weighted by Crippen LogP contribution is 2.14. The van der Waals surface area contributed by atoms with Crippen LogP contribution in [0.4, 0.5) is 5.95 Å². The fourth-order valence-electron chi connectivity index (χ4n) is 3.12. The van der Waals surface area contributed by atoms with Crippen LogP contribution in [0.25, 0.3) is 6.08 Å². The minimum atomic E-state index is -0.360. The van der Waals surface area contributed by atoms with Gasteiger partial charge in [-0.25, -0.2) is 14.8 Å². The SMILES string of the molecule is CCOC(=O)C=Cc1cnc(N[C@@H]2CCN(CCc3ccccc3)C2)nc1. The number of anilines is 1. The highest BCUT2D eigenvalue weighted by molar-refractivity contribution is 5.86. The van der Waals surface area contributed by atoms with Gasteiger partial charge in [-0.15, -0.1) is 0 Å². The fourth-order valence-corrected chi connectivity index (χ4v) is 3.12. The number of esters is 1. The number of carbonyl (C=O) groups excluding carboxylic acids is 1. The lowest BCUT2D eigenvalue weighted by atomic mass is 10.1. The molecule has 1 N–H and O–H groups in total. The summed E-state index contributed by atoms with van der Waals surface area (Å²) in [5.74, 6) is 0.263. The first-order valence-corrected chi connectivity index (χ1v) is 9.42. The van der Waals surface area contributed by atoms with E-state index in [1.54, 1.807) is 25.4 Å². The van der Waals surface area contributed by atoms with Crippen LogP contribution in [0, 0.1) is 0 Å². The third kappa shape index (κ3) is 6.18. The van der Waals surface area contributed by atoms with E-state index in [1.165, 1.54) is 11.6 Å². The highest BCUT2D eigenvalue weighted by Gasteiger charge is 2.22. The maximum atomic E-state index is 11.3. The summed E-state index contributed by atoms with van der Waals surface area (Å²) in [6.45, 7) is 5.31. The summed E-state index contributed by atoms with van der Waals surface area (Å²) in [4.78, 5) is 22.5. The second kappa shape index (κ2) is 9.83. The Bertz CT molecular complexity index is 747. The Balaban J connectivity index is 1.43. The third-order valence-electron chi connectivity index (χ3n) is 4.54. The van der Waals surface area contributed by atoms with Crippen molar-refractivity contribution in [1.29, 1.82) is 0 Å². The molecule has 3 rings (SSSR count). The predicted molar refractivity (Wildman–Crippen MR) is 106 cm³/mol. The molecular formula is C21H26N4O2. The minimum absolute atomic E-state index is 0.360. The summed E-state index contributed by atoms with van der Waals surface area (Å²) in [6, 6.07) is 11.0. The van der Waals surface area contributed by atoms with Gasteiger partial charge in [0, 0.05) is 49.7 Å². The van der Waals surface area contributed by atoms with Crippen molar-refractivity contribution in [3.05, 3.63) is 59.9 Å². The number of nitrogens with zero attached hydrogens (tertiary/aromatic N) is 3. The van der Waals surface area contributed by atoms with E-state index < -0.39 is 0 Å². The maximum absolute atomic E-state index is 11.3. The molecule has 27 heavy (non-hydrogen) atoms. The zero-order valence-corrected chi connectivity index (χ0v) is 15.7. The number of likely N-dealkylation sites (tertiary alicyclic amines) is 1. The molecule has 2 aromatic rings. The molecular weight excluding hydrogens is 340 g/mol.